The molecule has 1 N–H and O–H groups in total. The summed E-state index contributed by atoms with van der Waals surface area (Å²) in [5, 5.41) is 2.84. The molecule has 1 amide bonds. The summed E-state index contributed by atoms with van der Waals surface area (Å²) in [5.41, 5.74) is -0.759. The monoisotopic (exact) mass is 332 g/mol. The van der Waals surface area contributed by atoms with Crippen LogP contribution in [0.15, 0.2) is 18.2 Å². The van der Waals surface area contributed by atoms with E-state index in [1.54, 1.807) is 0 Å². The highest BCUT2D eigenvalue weighted by Crippen LogP contribution is 2.31. The molecular weight excluding hydrogens is 316 g/mol. The lowest BCUT2D eigenvalue weighted by Gasteiger charge is -2.27. The van der Waals surface area contributed by atoms with E-state index in [4.69, 9.17) is 4.74 Å². The highest BCUT2D eigenvalue weighted by Gasteiger charge is 2.34. The van der Waals surface area contributed by atoms with Crippen molar-refractivity contribution in [1.82, 2.24) is 10.2 Å². The van der Waals surface area contributed by atoms with Crippen molar-refractivity contribution in [2.24, 2.45) is 5.92 Å². The summed E-state index contributed by atoms with van der Waals surface area (Å²) >= 11 is 0. The molecule has 2 heterocycles. The van der Waals surface area contributed by atoms with E-state index in [-0.39, 0.29) is 36.6 Å². The number of nitrogens with zero attached hydrogens (tertiary/aromatic N) is 1. The molecule has 2 saturated heterocycles. The molecule has 2 fully saturated rings. The molecule has 126 valence electrons. The van der Waals surface area contributed by atoms with Gasteiger partial charge in [-0.3, -0.25) is 9.69 Å². The maximum atomic E-state index is 13.5. The summed E-state index contributed by atoms with van der Waals surface area (Å²) in [6, 6.07) is 2.34. The normalized spacial score (nSPS) is 25.8. The molecule has 2 aliphatic heterocycles. The molecule has 3 rings (SSSR count). The summed E-state index contributed by atoms with van der Waals surface area (Å²) in [4.78, 5) is 13.8. The second-order valence-electron chi connectivity index (χ2n) is 5.98. The number of carbonyl (C=O) groups is 1. The topological polar surface area (TPSA) is 41.6 Å². The zero-order valence-corrected chi connectivity index (χ0v) is 12.2. The molecule has 23 heavy (non-hydrogen) atoms. The van der Waals surface area contributed by atoms with Crippen molar-refractivity contribution >= 4 is 5.91 Å². The van der Waals surface area contributed by atoms with E-state index in [1.165, 1.54) is 0 Å². The minimum atomic E-state index is -4.59. The second kappa shape index (κ2) is 6.09. The zero-order valence-electron chi connectivity index (χ0n) is 12.2. The van der Waals surface area contributed by atoms with Gasteiger partial charge in [0.25, 0.3) is 0 Å². The first-order valence-electron chi connectivity index (χ1n) is 7.28. The van der Waals surface area contributed by atoms with Crippen molar-refractivity contribution in [3.05, 3.63) is 35.1 Å². The van der Waals surface area contributed by atoms with Gasteiger partial charge in [0.05, 0.1) is 30.7 Å². The highest BCUT2D eigenvalue weighted by atomic mass is 19.4. The Morgan fingerprint density at radius 1 is 1.22 bits per heavy atom. The van der Waals surface area contributed by atoms with Gasteiger partial charge in [-0.15, -0.1) is 0 Å². The smallest absolute Gasteiger partial charge is 0.378 e. The molecule has 0 radical (unpaired) electrons. The first-order valence-corrected chi connectivity index (χ1v) is 7.28. The molecule has 1 aromatic carbocycles. The number of nitrogens with one attached hydrogen (secondary N) is 1. The van der Waals surface area contributed by atoms with Crippen molar-refractivity contribution in [2.75, 3.05) is 26.3 Å². The number of benzene rings is 1. The van der Waals surface area contributed by atoms with Gasteiger partial charge in [0.15, 0.2) is 0 Å². The number of fused-ring (bicyclic) bond motifs is 3. The van der Waals surface area contributed by atoms with Crippen LogP contribution < -0.4 is 5.32 Å². The zero-order chi connectivity index (χ0) is 16.6. The number of carbonyl (C=O) groups excluding carboxylic acids is 1. The number of hydrogen-bond donors (Lipinski definition) is 1. The number of rotatable bonds is 2. The molecule has 0 spiro atoms. The van der Waals surface area contributed by atoms with E-state index in [0.29, 0.717) is 25.8 Å². The second-order valence-corrected chi connectivity index (χ2v) is 5.98. The van der Waals surface area contributed by atoms with Crippen LogP contribution in [0.5, 0.6) is 0 Å². The van der Waals surface area contributed by atoms with Crippen LogP contribution in [0.1, 0.15) is 11.1 Å². The average molecular weight is 332 g/mol. The summed E-state index contributed by atoms with van der Waals surface area (Å²) < 4.78 is 57.2. The lowest BCUT2D eigenvalue weighted by Crippen LogP contribution is -2.41. The van der Waals surface area contributed by atoms with Crippen molar-refractivity contribution in [3.8, 4) is 0 Å². The fourth-order valence-corrected chi connectivity index (χ4v) is 3.01. The molecule has 0 unspecified atom stereocenters. The fourth-order valence-electron chi connectivity index (χ4n) is 3.01. The SMILES string of the molecule is O=C1N[C@@H]2COC[C@H]1CN(Cc1cc(F)cc(C(F)(F)F)c1)C2. The van der Waals surface area contributed by atoms with E-state index in [0.717, 1.165) is 12.1 Å². The van der Waals surface area contributed by atoms with Crippen LogP contribution in [-0.4, -0.2) is 43.2 Å². The highest BCUT2D eigenvalue weighted by molar-refractivity contribution is 5.79. The Kier molecular flexibility index (Phi) is 4.29. The lowest BCUT2D eigenvalue weighted by molar-refractivity contribution is -0.137. The number of halogens is 4. The van der Waals surface area contributed by atoms with Crippen LogP contribution in [0.2, 0.25) is 0 Å². The third kappa shape index (κ3) is 3.81. The van der Waals surface area contributed by atoms with Crippen LogP contribution in [0.3, 0.4) is 0 Å². The quantitative estimate of drug-likeness (QED) is 0.840. The summed E-state index contributed by atoms with van der Waals surface area (Å²) in [7, 11) is 0. The van der Waals surface area contributed by atoms with Gasteiger partial charge in [-0.25, -0.2) is 4.39 Å². The van der Waals surface area contributed by atoms with Gasteiger partial charge >= 0.3 is 6.18 Å². The molecule has 2 aliphatic rings. The molecule has 2 bridgehead atoms. The number of ether oxygens (including phenoxy) is 1. The van der Waals surface area contributed by atoms with E-state index >= 15 is 0 Å². The van der Waals surface area contributed by atoms with Gasteiger partial charge in [0.2, 0.25) is 5.91 Å². The minimum Gasteiger partial charge on any atom is -0.378 e. The lowest BCUT2D eigenvalue weighted by atomic mass is 10.1. The standard InChI is InChI=1S/C15H16F4N2O2/c16-12-2-9(1-11(3-12)15(17,18)19)4-21-5-10-7-23-8-13(6-21)20-14(10)22/h1-3,10,13H,4-8H2,(H,20,22)/t10-,13+/m1/s1. The maximum Gasteiger partial charge on any atom is 0.416 e. The van der Waals surface area contributed by atoms with Gasteiger partial charge < -0.3 is 10.1 Å². The van der Waals surface area contributed by atoms with Gasteiger partial charge in [-0.05, 0) is 23.8 Å². The van der Waals surface area contributed by atoms with Gasteiger partial charge in [-0.2, -0.15) is 13.2 Å². The Morgan fingerprint density at radius 2 is 2.00 bits per heavy atom. The van der Waals surface area contributed by atoms with E-state index in [1.807, 2.05) is 4.90 Å². The van der Waals surface area contributed by atoms with Crippen LogP contribution in [0.4, 0.5) is 17.6 Å². The van der Waals surface area contributed by atoms with Crippen molar-refractivity contribution in [1.29, 1.82) is 0 Å². The number of amides is 1. The molecule has 4 nitrogen and oxygen atoms in total. The third-order valence-corrected chi connectivity index (χ3v) is 4.00. The molecular formula is C15H16F4N2O2. The first-order chi connectivity index (χ1) is 10.8. The maximum absolute atomic E-state index is 13.5. The van der Waals surface area contributed by atoms with E-state index in [2.05, 4.69) is 5.32 Å². The van der Waals surface area contributed by atoms with Gasteiger partial charge in [0, 0.05) is 19.6 Å². The predicted molar refractivity (Wildman–Crippen MR) is 72.9 cm³/mol. The minimum absolute atomic E-state index is 0.106. The summed E-state index contributed by atoms with van der Waals surface area (Å²) in [6.07, 6.45) is -4.59. The first kappa shape index (κ1) is 16.2. The Hall–Kier alpha value is -1.67. The van der Waals surface area contributed by atoms with Crippen LogP contribution >= 0.6 is 0 Å². The average Bonchev–Trinajstić information content (AvgIpc) is 2.66. The predicted octanol–water partition coefficient (Wildman–Crippen LogP) is 1.79. The number of hydrogen-bond acceptors (Lipinski definition) is 3. The molecule has 2 atom stereocenters. The molecule has 1 aromatic rings. The molecule has 0 aliphatic carbocycles. The van der Waals surface area contributed by atoms with E-state index < -0.39 is 17.6 Å². The number of alkyl halides is 3. The Labute approximate surface area is 130 Å². The summed E-state index contributed by atoms with van der Waals surface area (Å²) in [6.45, 7) is 1.65. The molecule has 0 aromatic heterocycles. The third-order valence-electron chi connectivity index (χ3n) is 4.00. The van der Waals surface area contributed by atoms with Crippen LogP contribution in [0, 0.1) is 11.7 Å². The van der Waals surface area contributed by atoms with Gasteiger partial charge in [0.1, 0.15) is 5.82 Å². The fraction of sp³-hybridized carbons (Fsp3) is 0.533. The van der Waals surface area contributed by atoms with Crippen LogP contribution in [-0.2, 0) is 22.3 Å². The molecule has 0 saturated carbocycles. The van der Waals surface area contributed by atoms with Crippen LogP contribution in [0.25, 0.3) is 0 Å². The van der Waals surface area contributed by atoms with Crippen molar-refractivity contribution in [3.63, 3.8) is 0 Å². The molecule has 8 heteroatoms. The summed E-state index contributed by atoms with van der Waals surface area (Å²) in [5.74, 6) is -1.38. The van der Waals surface area contributed by atoms with Crippen molar-refractivity contribution in [2.45, 2.75) is 18.8 Å². The Morgan fingerprint density at radius 3 is 2.74 bits per heavy atom. The van der Waals surface area contributed by atoms with Gasteiger partial charge in [-0.1, -0.05) is 0 Å². The largest absolute Gasteiger partial charge is 0.416 e. The van der Waals surface area contributed by atoms with Crippen molar-refractivity contribution < 1.29 is 27.1 Å². The Balaban J connectivity index is 1.79. The van der Waals surface area contributed by atoms with E-state index in [9.17, 15) is 22.4 Å². The Bertz CT molecular complexity index is 606.